The minimum absolute atomic E-state index is 0.107. The highest BCUT2D eigenvalue weighted by molar-refractivity contribution is 8.00. The Hall–Kier alpha value is -1.75. The Labute approximate surface area is 141 Å². The normalized spacial score (nSPS) is 16.8. The summed E-state index contributed by atoms with van der Waals surface area (Å²) in [6.45, 7) is 2.48. The number of benzene rings is 1. The number of carbonyl (C=O) groups is 2. The third kappa shape index (κ3) is 6.91. The molecule has 4 nitrogen and oxygen atoms in total. The highest BCUT2D eigenvalue weighted by Gasteiger charge is 2.13. The molecule has 0 heterocycles. The molecule has 124 valence electrons. The quantitative estimate of drug-likeness (QED) is 0.612. The van der Waals surface area contributed by atoms with Crippen molar-refractivity contribution in [2.45, 2.75) is 26.2 Å². The first-order chi connectivity index (χ1) is 11.1. The van der Waals surface area contributed by atoms with Gasteiger partial charge < -0.3 is 10.1 Å². The lowest BCUT2D eigenvalue weighted by atomic mass is 9.95. The summed E-state index contributed by atoms with van der Waals surface area (Å²) in [7, 11) is 0. The van der Waals surface area contributed by atoms with Crippen molar-refractivity contribution < 1.29 is 14.3 Å². The number of esters is 1. The Morgan fingerprint density at radius 3 is 2.70 bits per heavy atom. The fourth-order valence-electron chi connectivity index (χ4n) is 2.32. The van der Waals surface area contributed by atoms with Crippen molar-refractivity contribution in [1.29, 1.82) is 0 Å². The molecule has 0 spiro atoms. The van der Waals surface area contributed by atoms with Gasteiger partial charge in [-0.2, -0.15) is 0 Å². The SMILES string of the molecule is Cc1ccc(NC(=O)CSCC(=O)OCC2CC=CCC2)cc1. The van der Waals surface area contributed by atoms with Crippen LogP contribution in [0.4, 0.5) is 5.69 Å². The van der Waals surface area contributed by atoms with Gasteiger partial charge in [-0.1, -0.05) is 29.8 Å². The summed E-state index contributed by atoms with van der Waals surface area (Å²) in [6.07, 6.45) is 7.44. The summed E-state index contributed by atoms with van der Waals surface area (Å²) in [5.74, 6) is 0.550. The smallest absolute Gasteiger partial charge is 0.315 e. The summed E-state index contributed by atoms with van der Waals surface area (Å²) < 4.78 is 5.27. The van der Waals surface area contributed by atoms with Crippen molar-refractivity contribution in [3.63, 3.8) is 0 Å². The Bertz CT molecular complexity index is 554. The molecule has 0 saturated carbocycles. The number of aryl methyl sites for hydroxylation is 1. The topological polar surface area (TPSA) is 55.4 Å². The standard InChI is InChI=1S/C18H23NO3S/c1-14-7-9-16(10-8-14)19-17(20)12-23-13-18(21)22-11-15-5-3-2-4-6-15/h2-3,7-10,15H,4-6,11-13H2,1H3,(H,19,20). The van der Waals surface area contributed by atoms with Crippen LogP contribution in [0.2, 0.25) is 0 Å². The second-order valence-electron chi connectivity index (χ2n) is 5.74. The number of hydrogen-bond donors (Lipinski definition) is 1. The third-order valence-electron chi connectivity index (χ3n) is 3.65. The molecule has 2 rings (SSSR count). The molecule has 23 heavy (non-hydrogen) atoms. The molecule has 1 atom stereocenters. The Kier molecular flexibility index (Phi) is 7.20. The molecule has 1 aliphatic rings. The number of amides is 1. The maximum absolute atomic E-state index is 11.8. The lowest BCUT2D eigenvalue weighted by Crippen LogP contribution is -2.18. The van der Waals surface area contributed by atoms with Gasteiger partial charge in [0, 0.05) is 5.69 Å². The van der Waals surface area contributed by atoms with Gasteiger partial charge in [-0.25, -0.2) is 0 Å². The number of anilines is 1. The molecule has 1 unspecified atom stereocenters. The summed E-state index contributed by atoms with van der Waals surface area (Å²) in [5, 5.41) is 2.81. The zero-order valence-corrected chi connectivity index (χ0v) is 14.2. The fraction of sp³-hybridized carbons (Fsp3) is 0.444. The minimum atomic E-state index is -0.243. The van der Waals surface area contributed by atoms with E-state index < -0.39 is 0 Å². The summed E-state index contributed by atoms with van der Waals surface area (Å²) in [6, 6.07) is 7.62. The van der Waals surface area contributed by atoms with Crippen LogP contribution in [0.25, 0.3) is 0 Å². The van der Waals surface area contributed by atoms with E-state index in [2.05, 4.69) is 17.5 Å². The predicted molar refractivity (Wildman–Crippen MR) is 94.6 cm³/mol. The number of carbonyl (C=O) groups excluding carboxylic acids is 2. The fourth-order valence-corrected chi connectivity index (χ4v) is 2.93. The van der Waals surface area contributed by atoms with Crippen molar-refractivity contribution in [1.82, 2.24) is 0 Å². The van der Waals surface area contributed by atoms with Crippen LogP contribution < -0.4 is 5.32 Å². The van der Waals surface area contributed by atoms with E-state index in [0.717, 1.165) is 30.5 Å². The van der Waals surface area contributed by atoms with E-state index in [1.165, 1.54) is 11.8 Å². The third-order valence-corrected chi connectivity index (χ3v) is 4.55. The summed E-state index contributed by atoms with van der Waals surface area (Å²) in [4.78, 5) is 23.5. The Morgan fingerprint density at radius 2 is 2.00 bits per heavy atom. The van der Waals surface area contributed by atoms with Crippen LogP contribution in [0.15, 0.2) is 36.4 Å². The minimum Gasteiger partial charge on any atom is -0.465 e. The van der Waals surface area contributed by atoms with Gasteiger partial charge in [-0.3, -0.25) is 9.59 Å². The number of ether oxygens (including phenoxy) is 1. The van der Waals surface area contributed by atoms with Crippen molar-refractivity contribution >= 4 is 29.3 Å². The van der Waals surface area contributed by atoms with Crippen molar-refractivity contribution in [2.75, 3.05) is 23.4 Å². The highest BCUT2D eigenvalue weighted by atomic mass is 32.2. The molecular weight excluding hydrogens is 310 g/mol. The molecule has 0 aromatic heterocycles. The van der Waals surface area contributed by atoms with Gasteiger partial charge in [0.25, 0.3) is 0 Å². The molecule has 1 amide bonds. The average Bonchev–Trinajstić information content (AvgIpc) is 2.56. The number of rotatable bonds is 7. The molecule has 1 aliphatic carbocycles. The molecule has 0 fully saturated rings. The van der Waals surface area contributed by atoms with Crippen LogP contribution in [-0.4, -0.2) is 30.0 Å². The first-order valence-corrected chi connectivity index (χ1v) is 9.04. The number of nitrogens with one attached hydrogen (secondary N) is 1. The van der Waals surface area contributed by atoms with Crippen LogP contribution in [0.3, 0.4) is 0 Å². The van der Waals surface area contributed by atoms with Gasteiger partial charge in [0.05, 0.1) is 18.1 Å². The van der Waals surface area contributed by atoms with Crippen molar-refractivity contribution in [3.05, 3.63) is 42.0 Å². The zero-order valence-electron chi connectivity index (χ0n) is 13.4. The number of hydrogen-bond acceptors (Lipinski definition) is 4. The van der Waals surface area contributed by atoms with Crippen molar-refractivity contribution in [3.8, 4) is 0 Å². The number of thioether (sulfide) groups is 1. The maximum atomic E-state index is 11.8. The Morgan fingerprint density at radius 1 is 1.22 bits per heavy atom. The molecule has 0 radical (unpaired) electrons. The molecule has 0 aliphatic heterocycles. The van der Waals surface area contributed by atoms with Crippen LogP contribution in [-0.2, 0) is 14.3 Å². The largest absolute Gasteiger partial charge is 0.465 e. The van der Waals surface area contributed by atoms with Gasteiger partial charge in [0.2, 0.25) is 5.91 Å². The molecule has 1 N–H and O–H groups in total. The van der Waals surface area contributed by atoms with Gasteiger partial charge in [-0.15, -0.1) is 11.8 Å². The molecule has 5 heteroatoms. The second-order valence-corrected chi connectivity index (χ2v) is 6.73. The highest BCUT2D eigenvalue weighted by Crippen LogP contribution is 2.18. The van der Waals surface area contributed by atoms with E-state index in [9.17, 15) is 9.59 Å². The first-order valence-electron chi connectivity index (χ1n) is 7.88. The zero-order chi connectivity index (χ0) is 16.5. The van der Waals surface area contributed by atoms with Gasteiger partial charge in [0.1, 0.15) is 0 Å². The summed E-state index contributed by atoms with van der Waals surface area (Å²) in [5.41, 5.74) is 1.92. The summed E-state index contributed by atoms with van der Waals surface area (Å²) >= 11 is 1.28. The van der Waals surface area contributed by atoms with Gasteiger partial charge in [-0.05, 0) is 44.2 Å². The van der Waals surface area contributed by atoms with E-state index in [4.69, 9.17) is 4.74 Å². The van der Waals surface area contributed by atoms with Gasteiger partial charge >= 0.3 is 5.97 Å². The van der Waals surface area contributed by atoms with E-state index in [1.54, 1.807) is 0 Å². The van der Waals surface area contributed by atoms with Gasteiger partial charge in [0.15, 0.2) is 0 Å². The number of allylic oxidation sites excluding steroid dienone is 2. The monoisotopic (exact) mass is 333 g/mol. The molecular formula is C18H23NO3S. The van der Waals surface area contributed by atoms with Crippen LogP contribution in [0.1, 0.15) is 24.8 Å². The molecule has 0 bridgehead atoms. The predicted octanol–water partition coefficient (Wildman–Crippen LogP) is 3.57. The molecule has 1 aromatic rings. The lowest BCUT2D eigenvalue weighted by molar-refractivity contribution is -0.141. The van der Waals surface area contributed by atoms with E-state index >= 15 is 0 Å². The molecule has 0 saturated heterocycles. The van der Waals surface area contributed by atoms with Crippen molar-refractivity contribution in [2.24, 2.45) is 5.92 Å². The second kappa shape index (κ2) is 9.40. The van der Waals surface area contributed by atoms with E-state index in [0.29, 0.717) is 12.5 Å². The first kappa shape index (κ1) is 17.6. The molecule has 1 aromatic carbocycles. The maximum Gasteiger partial charge on any atom is 0.315 e. The van der Waals surface area contributed by atoms with Crippen LogP contribution >= 0.6 is 11.8 Å². The van der Waals surface area contributed by atoms with E-state index in [1.807, 2.05) is 31.2 Å². The van der Waals surface area contributed by atoms with Crippen LogP contribution in [0, 0.1) is 12.8 Å². The van der Waals surface area contributed by atoms with Crippen LogP contribution in [0.5, 0.6) is 0 Å². The average molecular weight is 333 g/mol. The lowest BCUT2D eigenvalue weighted by Gasteiger charge is -2.17. The Balaban J connectivity index is 1.58. The van der Waals surface area contributed by atoms with E-state index in [-0.39, 0.29) is 23.4 Å².